The zero-order valence-corrected chi connectivity index (χ0v) is 18.3. The number of anilines is 1. The topological polar surface area (TPSA) is 66.5 Å². The highest BCUT2D eigenvalue weighted by molar-refractivity contribution is 7.89. The molecule has 1 N–H and O–H groups in total. The molecule has 8 heteroatoms. The summed E-state index contributed by atoms with van der Waals surface area (Å²) in [6.45, 7) is 1.68. The number of nitrogens with one attached hydrogen (secondary N) is 1. The zero-order valence-electron chi connectivity index (χ0n) is 16.7. The Balaban J connectivity index is 1.71. The summed E-state index contributed by atoms with van der Waals surface area (Å²) in [5, 5.41) is 3.08. The van der Waals surface area contributed by atoms with Crippen molar-refractivity contribution in [2.24, 2.45) is 0 Å². The van der Waals surface area contributed by atoms with Gasteiger partial charge in [0.2, 0.25) is 15.9 Å². The van der Waals surface area contributed by atoms with E-state index in [4.69, 9.17) is 11.6 Å². The molecule has 0 unspecified atom stereocenters. The van der Waals surface area contributed by atoms with Crippen molar-refractivity contribution < 1.29 is 17.6 Å². The number of rotatable bonds is 4. The third kappa shape index (κ3) is 4.35. The lowest BCUT2D eigenvalue weighted by molar-refractivity contribution is -0.120. The van der Waals surface area contributed by atoms with Gasteiger partial charge in [0.1, 0.15) is 11.9 Å². The molecule has 0 saturated carbocycles. The molecule has 5 nitrogen and oxygen atoms in total. The highest BCUT2D eigenvalue weighted by Gasteiger charge is 2.39. The van der Waals surface area contributed by atoms with Gasteiger partial charge in [-0.3, -0.25) is 4.79 Å². The zero-order chi connectivity index (χ0) is 22.2. The van der Waals surface area contributed by atoms with Gasteiger partial charge in [-0.05, 0) is 66.4 Å². The van der Waals surface area contributed by atoms with Crippen LogP contribution in [0.5, 0.6) is 0 Å². The average molecular weight is 459 g/mol. The second-order valence-corrected chi connectivity index (χ2v) is 9.77. The van der Waals surface area contributed by atoms with E-state index in [-0.39, 0.29) is 23.5 Å². The standard InChI is InChI=1S/C23H20ClFN2O3S/c1-15-6-9-19(13-21(15)25)26-23(28)22-12-16-4-2-3-5-17(16)14-27(22)31(29,30)20-10-7-18(24)8-11-20/h2-11,13,22H,12,14H2,1H3,(H,26,28)/t22-/m0/s1. The maximum atomic E-state index is 13.9. The number of sulfonamides is 1. The lowest BCUT2D eigenvalue weighted by Crippen LogP contribution is -2.50. The Morgan fingerprint density at radius 3 is 2.42 bits per heavy atom. The molecule has 0 radical (unpaired) electrons. The van der Waals surface area contributed by atoms with Crippen LogP contribution < -0.4 is 5.32 Å². The van der Waals surface area contributed by atoms with Gasteiger partial charge < -0.3 is 5.32 Å². The molecule has 0 fully saturated rings. The molecular formula is C23H20ClFN2O3S. The molecule has 0 spiro atoms. The molecule has 4 rings (SSSR count). The number of hydrogen-bond donors (Lipinski definition) is 1. The van der Waals surface area contributed by atoms with Crippen LogP contribution in [0, 0.1) is 12.7 Å². The fraction of sp³-hybridized carbons (Fsp3) is 0.174. The Morgan fingerprint density at radius 1 is 1.06 bits per heavy atom. The number of carbonyl (C=O) groups is 1. The fourth-order valence-electron chi connectivity index (χ4n) is 3.61. The lowest BCUT2D eigenvalue weighted by atomic mass is 9.95. The third-order valence-corrected chi connectivity index (χ3v) is 7.49. The first kappa shape index (κ1) is 21.5. The van der Waals surface area contributed by atoms with Crippen molar-refractivity contribution in [3.63, 3.8) is 0 Å². The first-order valence-corrected chi connectivity index (χ1v) is 11.5. The van der Waals surface area contributed by atoms with Gasteiger partial charge in [0.25, 0.3) is 0 Å². The fourth-order valence-corrected chi connectivity index (χ4v) is 5.30. The summed E-state index contributed by atoms with van der Waals surface area (Å²) >= 11 is 5.90. The number of fused-ring (bicyclic) bond motifs is 1. The highest BCUT2D eigenvalue weighted by atomic mass is 35.5. The quantitative estimate of drug-likeness (QED) is 0.624. The molecule has 0 saturated heterocycles. The van der Waals surface area contributed by atoms with Crippen molar-refractivity contribution in [3.05, 3.63) is 94.3 Å². The number of aryl methyl sites for hydroxylation is 1. The summed E-state index contributed by atoms with van der Waals surface area (Å²) in [7, 11) is -3.98. The van der Waals surface area contributed by atoms with E-state index in [9.17, 15) is 17.6 Å². The smallest absolute Gasteiger partial charge is 0.244 e. The van der Waals surface area contributed by atoms with Crippen LogP contribution in [-0.4, -0.2) is 24.7 Å². The van der Waals surface area contributed by atoms with Gasteiger partial charge in [-0.2, -0.15) is 4.31 Å². The van der Waals surface area contributed by atoms with E-state index in [0.717, 1.165) is 11.1 Å². The van der Waals surface area contributed by atoms with Gasteiger partial charge in [-0.1, -0.05) is 41.9 Å². The molecule has 160 valence electrons. The van der Waals surface area contributed by atoms with Crippen LogP contribution >= 0.6 is 11.6 Å². The number of carbonyl (C=O) groups excluding carboxylic acids is 1. The predicted octanol–water partition coefficient (Wildman–Crippen LogP) is 4.54. The monoisotopic (exact) mass is 458 g/mol. The van der Waals surface area contributed by atoms with E-state index in [2.05, 4.69) is 5.32 Å². The van der Waals surface area contributed by atoms with E-state index in [1.807, 2.05) is 24.3 Å². The van der Waals surface area contributed by atoms with E-state index in [1.165, 1.54) is 34.6 Å². The SMILES string of the molecule is Cc1ccc(NC(=O)[C@@H]2Cc3ccccc3CN2S(=O)(=O)c2ccc(Cl)cc2)cc1F. The van der Waals surface area contributed by atoms with Crippen LogP contribution in [0.3, 0.4) is 0 Å². The Labute approximate surface area is 185 Å². The summed E-state index contributed by atoms with van der Waals surface area (Å²) in [5.74, 6) is -0.965. The molecule has 0 bridgehead atoms. The molecule has 3 aromatic carbocycles. The number of benzene rings is 3. The van der Waals surface area contributed by atoms with Crippen molar-refractivity contribution >= 4 is 33.2 Å². The minimum absolute atomic E-state index is 0.0514. The van der Waals surface area contributed by atoms with Gasteiger partial charge in [0.15, 0.2) is 0 Å². The molecule has 1 atom stereocenters. The molecule has 0 aliphatic carbocycles. The van der Waals surface area contributed by atoms with Crippen LogP contribution in [0.2, 0.25) is 5.02 Å². The number of halogens is 2. The summed E-state index contributed by atoms with van der Waals surface area (Å²) in [6, 6.07) is 16.6. The van der Waals surface area contributed by atoms with E-state index >= 15 is 0 Å². The Hall–Kier alpha value is -2.74. The minimum atomic E-state index is -3.98. The lowest BCUT2D eigenvalue weighted by Gasteiger charge is -2.35. The highest BCUT2D eigenvalue weighted by Crippen LogP contribution is 2.30. The second-order valence-electron chi connectivity index (χ2n) is 7.45. The molecule has 31 heavy (non-hydrogen) atoms. The number of amides is 1. The van der Waals surface area contributed by atoms with E-state index in [0.29, 0.717) is 10.6 Å². The Kier molecular flexibility index (Phi) is 5.83. The van der Waals surface area contributed by atoms with Crippen molar-refractivity contribution in [3.8, 4) is 0 Å². The predicted molar refractivity (Wildman–Crippen MR) is 118 cm³/mol. The molecule has 1 aliphatic heterocycles. The first-order valence-electron chi connectivity index (χ1n) is 9.67. The summed E-state index contributed by atoms with van der Waals surface area (Å²) < 4.78 is 41.9. The van der Waals surface area contributed by atoms with Gasteiger partial charge in [0, 0.05) is 17.3 Å². The molecule has 1 heterocycles. The minimum Gasteiger partial charge on any atom is -0.325 e. The van der Waals surface area contributed by atoms with Crippen LogP contribution in [0.25, 0.3) is 0 Å². The Morgan fingerprint density at radius 2 is 1.74 bits per heavy atom. The van der Waals surface area contributed by atoms with Crippen molar-refractivity contribution in [2.45, 2.75) is 30.8 Å². The van der Waals surface area contributed by atoms with Crippen LogP contribution in [0.4, 0.5) is 10.1 Å². The van der Waals surface area contributed by atoms with Gasteiger partial charge in [0.05, 0.1) is 4.90 Å². The normalized spacial score (nSPS) is 16.5. The molecule has 1 amide bonds. The van der Waals surface area contributed by atoms with Crippen LogP contribution in [0.1, 0.15) is 16.7 Å². The van der Waals surface area contributed by atoms with E-state index in [1.54, 1.807) is 19.1 Å². The van der Waals surface area contributed by atoms with Crippen molar-refractivity contribution in [2.75, 3.05) is 5.32 Å². The van der Waals surface area contributed by atoms with E-state index < -0.39 is 27.8 Å². The third-order valence-electron chi connectivity index (χ3n) is 5.37. The first-order chi connectivity index (χ1) is 14.8. The van der Waals surface area contributed by atoms with Crippen LogP contribution in [-0.2, 0) is 27.8 Å². The summed E-state index contributed by atoms with van der Waals surface area (Å²) in [5.41, 5.74) is 2.47. The van der Waals surface area contributed by atoms with Crippen molar-refractivity contribution in [1.29, 1.82) is 0 Å². The number of nitrogens with zero attached hydrogens (tertiary/aromatic N) is 1. The van der Waals surface area contributed by atoms with Gasteiger partial charge >= 0.3 is 0 Å². The van der Waals surface area contributed by atoms with Gasteiger partial charge in [-0.25, -0.2) is 12.8 Å². The molecular weight excluding hydrogens is 439 g/mol. The van der Waals surface area contributed by atoms with Crippen molar-refractivity contribution in [1.82, 2.24) is 4.31 Å². The maximum absolute atomic E-state index is 13.9. The molecule has 3 aromatic rings. The second kappa shape index (κ2) is 8.42. The molecule has 0 aromatic heterocycles. The molecule has 1 aliphatic rings. The summed E-state index contributed by atoms with van der Waals surface area (Å²) in [4.78, 5) is 13.2. The maximum Gasteiger partial charge on any atom is 0.244 e. The largest absolute Gasteiger partial charge is 0.325 e. The average Bonchev–Trinajstić information content (AvgIpc) is 2.75. The summed E-state index contributed by atoms with van der Waals surface area (Å²) in [6.07, 6.45) is 0.211. The number of hydrogen-bond acceptors (Lipinski definition) is 3. The Bertz CT molecular complexity index is 1250. The van der Waals surface area contributed by atoms with Crippen LogP contribution in [0.15, 0.2) is 71.6 Å². The van der Waals surface area contributed by atoms with Gasteiger partial charge in [-0.15, -0.1) is 0 Å².